The van der Waals surface area contributed by atoms with Crippen LogP contribution in [0.25, 0.3) is 0 Å². The molecule has 0 saturated heterocycles. The highest BCUT2D eigenvalue weighted by Crippen LogP contribution is 2.34. The van der Waals surface area contributed by atoms with Crippen LogP contribution in [0, 0.1) is 11.8 Å². The minimum Gasteiger partial charge on any atom is -0.468 e. The third-order valence-electron chi connectivity index (χ3n) is 3.19. The number of benzene rings is 1. The molecule has 0 aromatic heterocycles. The molecule has 0 bridgehead atoms. The van der Waals surface area contributed by atoms with Gasteiger partial charge in [-0.1, -0.05) is 34.1 Å². The fourth-order valence-corrected chi connectivity index (χ4v) is 2.43. The number of carbonyl (C=O) groups excluding carboxylic acids is 2. The van der Waals surface area contributed by atoms with Crippen LogP contribution >= 0.6 is 15.9 Å². The zero-order chi connectivity index (χ0) is 13.1. The van der Waals surface area contributed by atoms with Gasteiger partial charge in [0.2, 0.25) is 0 Å². The van der Waals surface area contributed by atoms with Crippen molar-refractivity contribution in [3.63, 3.8) is 0 Å². The summed E-state index contributed by atoms with van der Waals surface area (Å²) in [5, 5.41) is 0. The molecular formula is C14H15BrO3. The number of rotatable bonds is 5. The number of Topliss-reactive ketones (excluding diaryl/α,β-unsaturated/α-hetero) is 1. The Morgan fingerprint density at radius 3 is 2.61 bits per heavy atom. The summed E-state index contributed by atoms with van der Waals surface area (Å²) in [5.74, 6) is -1.00. The zero-order valence-corrected chi connectivity index (χ0v) is 11.8. The maximum absolute atomic E-state index is 12.1. The van der Waals surface area contributed by atoms with Crippen LogP contribution in [0.4, 0.5) is 0 Å². The molecule has 0 spiro atoms. The highest BCUT2D eigenvalue weighted by molar-refractivity contribution is 9.10. The van der Waals surface area contributed by atoms with Crippen molar-refractivity contribution in [3.05, 3.63) is 34.3 Å². The number of hydrogen-bond acceptors (Lipinski definition) is 3. The van der Waals surface area contributed by atoms with Crippen LogP contribution < -0.4 is 0 Å². The van der Waals surface area contributed by atoms with E-state index in [-0.39, 0.29) is 11.7 Å². The molecule has 1 fully saturated rings. The second kappa shape index (κ2) is 5.65. The van der Waals surface area contributed by atoms with E-state index in [1.807, 2.05) is 24.3 Å². The van der Waals surface area contributed by atoms with Gasteiger partial charge in [0, 0.05) is 10.4 Å². The van der Waals surface area contributed by atoms with Crippen LogP contribution in [-0.2, 0) is 20.7 Å². The van der Waals surface area contributed by atoms with Gasteiger partial charge in [-0.25, -0.2) is 0 Å². The van der Waals surface area contributed by atoms with Crippen LogP contribution in [0.5, 0.6) is 0 Å². The normalized spacial score (nSPS) is 16.1. The van der Waals surface area contributed by atoms with E-state index >= 15 is 0 Å². The molecule has 0 N–H and O–H groups in total. The van der Waals surface area contributed by atoms with E-state index in [9.17, 15) is 9.59 Å². The number of halogens is 1. The van der Waals surface area contributed by atoms with E-state index in [4.69, 9.17) is 4.74 Å². The molecule has 1 saturated carbocycles. The lowest BCUT2D eigenvalue weighted by molar-refractivity contribution is -0.149. The molecule has 1 aliphatic rings. The quantitative estimate of drug-likeness (QED) is 0.620. The first-order valence-electron chi connectivity index (χ1n) is 5.98. The van der Waals surface area contributed by atoms with Gasteiger partial charge in [-0.3, -0.25) is 9.59 Å². The zero-order valence-electron chi connectivity index (χ0n) is 10.2. The Bertz CT molecular complexity index is 466. The van der Waals surface area contributed by atoms with Crippen molar-refractivity contribution in [2.24, 2.45) is 11.8 Å². The van der Waals surface area contributed by atoms with Crippen LogP contribution in [0.3, 0.4) is 0 Å². The summed E-state index contributed by atoms with van der Waals surface area (Å²) in [4.78, 5) is 23.8. The molecule has 1 atom stereocenters. The number of ketones is 1. The van der Waals surface area contributed by atoms with Gasteiger partial charge in [0.05, 0.1) is 7.11 Å². The lowest BCUT2D eigenvalue weighted by Crippen LogP contribution is -2.28. The minimum absolute atomic E-state index is 0.0256. The molecular weight excluding hydrogens is 296 g/mol. The number of esters is 1. The molecule has 2 rings (SSSR count). The monoisotopic (exact) mass is 310 g/mol. The minimum atomic E-state index is -0.666. The molecule has 0 amide bonds. The molecule has 4 heteroatoms. The fourth-order valence-electron chi connectivity index (χ4n) is 1.98. The molecule has 18 heavy (non-hydrogen) atoms. The number of ether oxygens (including phenoxy) is 1. The first kappa shape index (κ1) is 13.3. The molecule has 1 aromatic rings. The summed E-state index contributed by atoms with van der Waals surface area (Å²) in [6.45, 7) is 0. The van der Waals surface area contributed by atoms with Crippen molar-refractivity contribution in [3.8, 4) is 0 Å². The molecule has 0 radical (unpaired) electrons. The number of hydrogen-bond donors (Lipinski definition) is 0. The molecule has 1 unspecified atom stereocenters. The topological polar surface area (TPSA) is 43.4 Å². The first-order valence-corrected chi connectivity index (χ1v) is 6.77. The van der Waals surface area contributed by atoms with Crippen LogP contribution in [0.1, 0.15) is 18.4 Å². The summed E-state index contributed by atoms with van der Waals surface area (Å²) in [5.41, 5.74) is 0.960. The highest BCUT2D eigenvalue weighted by atomic mass is 79.9. The number of methoxy groups -OCH3 is 1. The van der Waals surface area contributed by atoms with E-state index in [2.05, 4.69) is 15.9 Å². The summed E-state index contributed by atoms with van der Waals surface area (Å²) >= 11 is 3.43. The van der Waals surface area contributed by atoms with Gasteiger partial charge in [0.25, 0.3) is 0 Å². The van der Waals surface area contributed by atoms with Gasteiger partial charge < -0.3 is 4.74 Å². The Morgan fingerprint density at radius 2 is 2.06 bits per heavy atom. The molecule has 1 aliphatic carbocycles. The highest BCUT2D eigenvalue weighted by Gasteiger charge is 2.38. The third-order valence-corrected chi connectivity index (χ3v) is 3.96. The Balaban J connectivity index is 2.17. The maximum atomic E-state index is 12.1. The van der Waals surface area contributed by atoms with Gasteiger partial charge in [0.15, 0.2) is 5.78 Å². The van der Waals surface area contributed by atoms with Crippen LogP contribution in [-0.4, -0.2) is 18.9 Å². The number of carbonyl (C=O) groups is 2. The fraction of sp³-hybridized carbons (Fsp3) is 0.429. The lowest BCUT2D eigenvalue weighted by atomic mass is 9.93. The molecule has 0 heterocycles. The van der Waals surface area contributed by atoms with Crippen molar-refractivity contribution >= 4 is 27.7 Å². The summed E-state index contributed by atoms with van der Waals surface area (Å²) in [7, 11) is 1.33. The van der Waals surface area contributed by atoms with Crippen molar-refractivity contribution in [2.75, 3.05) is 7.11 Å². The van der Waals surface area contributed by atoms with Crippen molar-refractivity contribution in [1.29, 1.82) is 0 Å². The van der Waals surface area contributed by atoms with Gasteiger partial charge in [-0.05, 0) is 30.9 Å². The second-order valence-corrected chi connectivity index (χ2v) is 5.40. The predicted molar refractivity (Wildman–Crippen MR) is 71.1 cm³/mol. The SMILES string of the molecule is COC(=O)C(Cc1ccccc1Br)C(=O)C1CC1. The van der Waals surface area contributed by atoms with Gasteiger partial charge in [-0.15, -0.1) is 0 Å². The van der Waals surface area contributed by atoms with Crippen LogP contribution in [0.2, 0.25) is 0 Å². The Labute approximate surface area is 115 Å². The van der Waals surface area contributed by atoms with Gasteiger partial charge >= 0.3 is 5.97 Å². The van der Waals surface area contributed by atoms with Crippen molar-refractivity contribution in [1.82, 2.24) is 0 Å². The van der Waals surface area contributed by atoms with E-state index in [1.54, 1.807) is 0 Å². The average molecular weight is 311 g/mol. The molecule has 1 aromatic carbocycles. The van der Waals surface area contributed by atoms with Gasteiger partial charge in [0.1, 0.15) is 5.92 Å². The predicted octanol–water partition coefficient (Wildman–Crippen LogP) is 2.76. The molecule has 96 valence electrons. The van der Waals surface area contributed by atoms with E-state index < -0.39 is 11.9 Å². The average Bonchev–Trinajstić information content (AvgIpc) is 3.20. The lowest BCUT2D eigenvalue weighted by Gasteiger charge is -2.14. The summed E-state index contributed by atoms with van der Waals surface area (Å²) in [6.07, 6.45) is 2.22. The van der Waals surface area contributed by atoms with E-state index in [0.717, 1.165) is 22.9 Å². The summed E-state index contributed by atoms with van der Waals surface area (Å²) < 4.78 is 5.67. The van der Waals surface area contributed by atoms with E-state index in [0.29, 0.717) is 6.42 Å². The second-order valence-electron chi connectivity index (χ2n) is 4.55. The summed E-state index contributed by atoms with van der Waals surface area (Å²) in [6, 6.07) is 7.63. The maximum Gasteiger partial charge on any atom is 0.316 e. The Morgan fingerprint density at radius 1 is 1.39 bits per heavy atom. The largest absolute Gasteiger partial charge is 0.468 e. The first-order chi connectivity index (χ1) is 8.63. The smallest absolute Gasteiger partial charge is 0.316 e. The molecule has 0 aliphatic heterocycles. The molecule has 3 nitrogen and oxygen atoms in total. The van der Waals surface area contributed by atoms with Crippen LogP contribution in [0.15, 0.2) is 28.7 Å². The van der Waals surface area contributed by atoms with Crippen molar-refractivity contribution in [2.45, 2.75) is 19.3 Å². The Kier molecular flexibility index (Phi) is 4.17. The standard InChI is InChI=1S/C14H15BrO3/c1-18-14(17)11(13(16)9-6-7-9)8-10-4-2-3-5-12(10)15/h2-5,9,11H,6-8H2,1H3. The third kappa shape index (κ3) is 2.99. The van der Waals surface area contributed by atoms with E-state index in [1.165, 1.54) is 7.11 Å². The van der Waals surface area contributed by atoms with Crippen molar-refractivity contribution < 1.29 is 14.3 Å². The van der Waals surface area contributed by atoms with Gasteiger partial charge in [-0.2, -0.15) is 0 Å². The Hall–Kier alpha value is -1.16.